The fraction of sp³-hybridized carbons (Fsp3) is 1.00. The van der Waals surface area contributed by atoms with Gasteiger partial charge in [0, 0.05) is 13.2 Å². The highest BCUT2D eigenvalue weighted by Crippen LogP contribution is 1.75. The molecule has 0 aromatic carbocycles. The monoisotopic (exact) mass is 104 g/mol. The Balaban J connectivity index is 2.83. The summed E-state index contributed by atoms with van der Waals surface area (Å²) < 4.78 is 4.75. The summed E-state index contributed by atoms with van der Waals surface area (Å²) in [6.45, 7) is 2.61. The van der Waals surface area contributed by atoms with Gasteiger partial charge >= 0.3 is 0 Å². The van der Waals surface area contributed by atoms with Crippen LogP contribution in [0.5, 0.6) is 0 Å². The first-order chi connectivity index (χ1) is 3.31. The van der Waals surface area contributed by atoms with Gasteiger partial charge in [0.15, 0.2) is 0 Å². The molecule has 0 aliphatic heterocycles. The molecule has 0 heterocycles. The van der Waals surface area contributed by atoms with E-state index >= 15 is 0 Å². The average Bonchev–Trinajstić information content (AvgIpc) is 1.68. The van der Waals surface area contributed by atoms with Gasteiger partial charge in [-0.1, -0.05) is 0 Å². The van der Waals surface area contributed by atoms with Crippen LogP contribution < -0.4 is 11.3 Å². The Labute approximate surface area is 43.8 Å². The first-order valence-electron chi connectivity index (χ1n) is 2.26. The zero-order chi connectivity index (χ0) is 5.70. The summed E-state index contributed by atoms with van der Waals surface area (Å²) in [5.74, 6) is 5.03. The molecule has 0 saturated carbocycles. The molecule has 0 saturated heterocycles. The molecule has 0 fully saturated rings. The lowest BCUT2D eigenvalue weighted by Crippen LogP contribution is -2.35. The van der Waals surface area contributed by atoms with Crippen molar-refractivity contribution in [3.8, 4) is 0 Å². The van der Waals surface area contributed by atoms with Crippen molar-refractivity contribution >= 4 is 0 Å². The minimum Gasteiger partial charge on any atom is -0.383 e. The van der Waals surface area contributed by atoms with Crippen molar-refractivity contribution in [1.82, 2.24) is 5.43 Å². The maximum absolute atomic E-state index is 5.03. The van der Waals surface area contributed by atoms with Crippen LogP contribution in [0.3, 0.4) is 0 Å². The summed E-state index contributed by atoms with van der Waals surface area (Å²) in [5, 5.41) is 0. The Hall–Kier alpha value is -0.120. The molecule has 7 heavy (non-hydrogen) atoms. The van der Waals surface area contributed by atoms with Crippen molar-refractivity contribution in [1.29, 1.82) is 0 Å². The van der Waals surface area contributed by atoms with Crippen molar-refractivity contribution in [2.75, 3.05) is 13.7 Å². The number of hydrogen-bond acceptors (Lipinski definition) is 3. The van der Waals surface area contributed by atoms with E-state index in [4.69, 9.17) is 10.6 Å². The molecule has 0 radical (unpaired) electrons. The largest absolute Gasteiger partial charge is 0.383 e. The van der Waals surface area contributed by atoms with Gasteiger partial charge < -0.3 is 4.74 Å². The average molecular weight is 104 g/mol. The molecule has 0 bridgehead atoms. The predicted octanol–water partition coefficient (Wildman–Crippen LogP) is -0.515. The number of nitrogens with two attached hydrogens (primary N) is 1. The van der Waals surface area contributed by atoms with Gasteiger partial charge in [-0.05, 0) is 6.92 Å². The molecule has 1 atom stereocenters. The zero-order valence-corrected chi connectivity index (χ0v) is 4.77. The highest BCUT2D eigenvalue weighted by molar-refractivity contribution is 4.49. The van der Waals surface area contributed by atoms with Crippen LogP contribution in [0.15, 0.2) is 0 Å². The summed E-state index contributed by atoms with van der Waals surface area (Å²) >= 11 is 0. The van der Waals surface area contributed by atoms with E-state index in [1.165, 1.54) is 0 Å². The molecule has 0 aliphatic carbocycles. The number of rotatable bonds is 3. The topological polar surface area (TPSA) is 47.3 Å². The third-order valence-electron chi connectivity index (χ3n) is 0.701. The molecule has 3 heteroatoms. The second-order valence-corrected chi connectivity index (χ2v) is 1.52. The summed E-state index contributed by atoms with van der Waals surface area (Å²) in [7, 11) is 1.65. The SMILES string of the molecule is COC[C@@H](C)NN. The Morgan fingerprint density at radius 2 is 2.43 bits per heavy atom. The molecular weight excluding hydrogens is 92.1 g/mol. The Kier molecular flexibility index (Phi) is 3.98. The van der Waals surface area contributed by atoms with Crippen LogP contribution in [0.4, 0.5) is 0 Å². The molecule has 44 valence electrons. The summed E-state index contributed by atoms with van der Waals surface area (Å²) in [5.41, 5.74) is 2.54. The minimum absolute atomic E-state index is 0.255. The second kappa shape index (κ2) is 4.05. The minimum atomic E-state index is 0.255. The van der Waals surface area contributed by atoms with Crippen LogP contribution in [0.1, 0.15) is 6.92 Å². The molecule has 0 rings (SSSR count). The Bertz CT molecular complexity index is 40.7. The quantitative estimate of drug-likeness (QED) is 0.374. The molecule has 0 aromatic rings. The molecule has 3 nitrogen and oxygen atoms in total. The van der Waals surface area contributed by atoms with E-state index in [0.717, 1.165) is 0 Å². The number of hydrazine groups is 1. The standard InChI is InChI=1S/C4H12N2O/c1-4(6-5)3-7-2/h4,6H,3,5H2,1-2H3/t4-/m1/s1. The highest BCUT2D eigenvalue weighted by atomic mass is 16.5. The van der Waals surface area contributed by atoms with Crippen LogP contribution in [0.25, 0.3) is 0 Å². The maximum atomic E-state index is 5.03. The highest BCUT2D eigenvalue weighted by Gasteiger charge is 1.92. The Morgan fingerprint density at radius 1 is 1.86 bits per heavy atom. The third-order valence-corrected chi connectivity index (χ3v) is 0.701. The lowest BCUT2D eigenvalue weighted by molar-refractivity contribution is 0.172. The van der Waals surface area contributed by atoms with Crippen molar-refractivity contribution in [2.24, 2.45) is 5.84 Å². The molecule has 0 aliphatic rings. The van der Waals surface area contributed by atoms with E-state index in [9.17, 15) is 0 Å². The van der Waals surface area contributed by atoms with Crippen LogP contribution >= 0.6 is 0 Å². The fourth-order valence-electron chi connectivity index (χ4n) is 0.298. The van der Waals surface area contributed by atoms with Gasteiger partial charge in [0.2, 0.25) is 0 Å². The first kappa shape index (κ1) is 6.88. The van der Waals surface area contributed by atoms with Crippen molar-refractivity contribution < 1.29 is 4.74 Å². The van der Waals surface area contributed by atoms with Crippen molar-refractivity contribution in [3.05, 3.63) is 0 Å². The molecule has 0 spiro atoms. The van der Waals surface area contributed by atoms with Gasteiger partial charge in [0.05, 0.1) is 6.61 Å². The van der Waals surface area contributed by atoms with E-state index in [1.54, 1.807) is 7.11 Å². The van der Waals surface area contributed by atoms with Crippen LogP contribution in [0, 0.1) is 0 Å². The van der Waals surface area contributed by atoms with Crippen molar-refractivity contribution in [3.63, 3.8) is 0 Å². The molecular formula is C4H12N2O. The van der Waals surface area contributed by atoms with Crippen molar-refractivity contribution in [2.45, 2.75) is 13.0 Å². The Morgan fingerprint density at radius 3 is 2.57 bits per heavy atom. The summed E-state index contributed by atoms with van der Waals surface area (Å²) in [4.78, 5) is 0. The molecule has 3 N–H and O–H groups in total. The van der Waals surface area contributed by atoms with Gasteiger partial charge in [-0.15, -0.1) is 0 Å². The smallest absolute Gasteiger partial charge is 0.0626 e. The van der Waals surface area contributed by atoms with Gasteiger partial charge in [0.1, 0.15) is 0 Å². The van der Waals surface area contributed by atoms with Crippen LogP contribution in [-0.4, -0.2) is 19.8 Å². The van der Waals surface area contributed by atoms with E-state index in [-0.39, 0.29) is 6.04 Å². The van der Waals surface area contributed by atoms with Gasteiger partial charge in [-0.3, -0.25) is 11.3 Å². The van der Waals surface area contributed by atoms with Gasteiger partial charge in [-0.25, -0.2) is 0 Å². The molecule has 0 unspecified atom stereocenters. The number of ether oxygens (including phenoxy) is 1. The van der Waals surface area contributed by atoms with Crippen LogP contribution in [0.2, 0.25) is 0 Å². The molecule has 0 amide bonds. The van der Waals surface area contributed by atoms with Crippen LogP contribution in [-0.2, 0) is 4.74 Å². The summed E-state index contributed by atoms with van der Waals surface area (Å²) in [6.07, 6.45) is 0. The fourth-order valence-corrected chi connectivity index (χ4v) is 0.298. The van der Waals surface area contributed by atoms with Gasteiger partial charge in [0.25, 0.3) is 0 Å². The first-order valence-corrected chi connectivity index (χ1v) is 2.26. The third kappa shape index (κ3) is 3.72. The molecule has 0 aromatic heterocycles. The predicted molar refractivity (Wildman–Crippen MR) is 28.7 cm³/mol. The normalized spacial score (nSPS) is 14.1. The number of methoxy groups -OCH3 is 1. The lowest BCUT2D eigenvalue weighted by atomic mass is 10.4. The van der Waals surface area contributed by atoms with E-state index < -0.39 is 0 Å². The lowest BCUT2D eigenvalue weighted by Gasteiger charge is -2.05. The maximum Gasteiger partial charge on any atom is 0.0626 e. The van der Waals surface area contributed by atoms with Gasteiger partial charge in [-0.2, -0.15) is 0 Å². The van der Waals surface area contributed by atoms with E-state index in [1.807, 2.05) is 6.92 Å². The zero-order valence-electron chi connectivity index (χ0n) is 4.77. The number of nitrogens with one attached hydrogen (secondary N) is 1. The second-order valence-electron chi connectivity index (χ2n) is 1.52. The van der Waals surface area contributed by atoms with E-state index in [2.05, 4.69) is 5.43 Å². The van der Waals surface area contributed by atoms with E-state index in [0.29, 0.717) is 6.61 Å². The summed E-state index contributed by atoms with van der Waals surface area (Å²) in [6, 6.07) is 0.255. The number of hydrogen-bond donors (Lipinski definition) is 2.